The van der Waals surface area contributed by atoms with Crippen molar-refractivity contribution < 1.29 is 9.59 Å². The van der Waals surface area contributed by atoms with Crippen LogP contribution in [0.1, 0.15) is 17.4 Å². The molecular formula is C21H17ClN6O2. The van der Waals surface area contributed by atoms with Crippen LogP contribution in [0.2, 0.25) is 5.15 Å². The molecule has 0 fully saturated rings. The zero-order chi connectivity index (χ0) is 21.3. The average Bonchev–Trinajstić information content (AvgIpc) is 3.16. The number of halogens is 1. The van der Waals surface area contributed by atoms with Gasteiger partial charge in [-0.3, -0.25) is 14.0 Å². The highest BCUT2D eigenvalue weighted by Crippen LogP contribution is 2.23. The van der Waals surface area contributed by atoms with Crippen LogP contribution in [0.5, 0.6) is 0 Å². The number of anilines is 2. The van der Waals surface area contributed by atoms with Crippen molar-refractivity contribution in [2.45, 2.75) is 6.92 Å². The van der Waals surface area contributed by atoms with E-state index in [1.807, 2.05) is 28.7 Å². The molecule has 2 amide bonds. The fourth-order valence-corrected chi connectivity index (χ4v) is 3.11. The van der Waals surface area contributed by atoms with Crippen LogP contribution in [0.15, 0.2) is 61.2 Å². The summed E-state index contributed by atoms with van der Waals surface area (Å²) in [5, 5.41) is 3.09. The third-order valence-corrected chi connectivity index (χ3v) is 4.74. The summed E-state index contributed by atoms with van der Waals surface area (Å²) in [5.41, 5.74) is 3.86. The first-order valence-corrected chi connectivity index (χ1v) is 9.41. The molecule has 4 rings (SSSR count). The summed E-state index contributed by atoms with van der Waals surface area (Å²) in [6.07, 6.45) is 6.45. The topological polar surface area (TPSA) is 92.5 Å². The Morgan fingerprint density at radius 1 is 1.00 bits per heavy atom. The van der Waals surface area contributed by atoms with E-state index in [0.29, 0.717) is 22.2 Å². The third kappa shape index (κ3) is 3.85. The molecule has 0 atom stereocenters. The predicted octanol–water partition coefficient (Wildman–Crippen LogP) is 3.68. The maximum atomic E-state index is 12.9. The largest absolute Gasteiger partial charge is 0.326 e. The number of pyridine rings is 1. The molecule has 0 aliphatic heterocycles. The standard InChI is InChI=1S/C21H17ClN6O2/c1-13(29)26-15-5-3-14(4-6-15)18-10-25-20-11-23-17(12-28(18)20)21(30)27(2)16-7-8-19(22)24-9-16/h3-12H,1-2H3,(H,26,29). The Hall–Kier alpha value is -3.78. The number of hydrogen-bond donors (Lipinski definition) is 1. The van der Waals surface area contributed by atoms with Gasteiger partial charge in [-0.25, -0.2) is 15.0 Å². The lowest BCUT2D eigenvalue weighted by Crippen LogP contribution is -2.27. The van der Waals surface area contributed by atoms with Gasteiger partial charge >= 0.3 is 0 Å². The third-order valence-electron chi connectivity index (χ3n) is 4.52. The summed E-state index contributed by atoms with van der Waals surface area (Å²) in [5.74, 6) is -0.423. The van der Waals surface area contributed by atoms with Crippen LogP contribution in [0.3, 0.4) is 0 Å². The molecular weight excluding hydrogens is 404 g/mol. The molecule has 0 aliphatic carbocycles. The second-order valence-corrected chi connectivity index (χ2v) is 6.99. The van der Waals surface area contributed by atoms with Crippen molar-refractivity contribution in [3.05, 3.63) is 72.0 Å². The highest BCUT2D eigenvalue weighted by Gasteiger charge is 2.17. The first-order valence-electron chi connectivity index (χ1n) is 9.03. The van der Waals surface area contributed by atoms with Crippen molar-refractivity contribution in [3.63, 3.8) is 0 Å². The quantitative estimate of drug-likeness (QED) is 0.508. The van der Waals surface area contributed by atoms with Crippen molar-refractivity contribution in [3.8, 4) is 11.3 Å². The van der Waals surface area contributed by atoms with E-state index >= 15 is 0 Å². The predicted molar refractivity (Wildman–Crippen MR) is 115 cm³/mol. The molecule has 9 heteroatoms. The molecule has 0 spiro atoms. The first kappa shape index (κ1) is 19.5. The molecule has 0 aliphatic rings. The highest BCUT2D eigenvalue weighted by molar-refractivity contribution is 6.29. The van der Waals surface area contributed by atoms with Crippen LogP contribution in [-0.2, 0) is 4.79 Å². The van der Waals surface area contributed by atoms with Gasteiger partial charge in [0.15, 0.2) is 5.65 Å². The fourth-order valence-electron chi connectivity index (χ4n) is 3.00. The number of nitrogens with one attached hydrogen (secondary N) is 1. The Labute approximate surface area is 177 Å². The lowest BCUT2D eigenvalue weighted by atomic mass is 10.1. The first-order chi connectivity index (χ1) is 14.4. The Kier molecular flexibility index (Phi) is 5.16. The molecule has 0 radical (unpaired) electrons. The maximum absolute atomic E-state index is 12.9. The number of imidazole rings is 1. The number of aromatic nitrogens is 4. The zero-order valence-electron chi connectivity index (χ0n) is 16.2. The van der Waals surface area contributed by atoms with Gasteiger partial charge in [0.05, 0.1) is 30.0 Å². The molecule has 0 saturated heterocycles. The lowest BCUT2D eigenvalue weighted by Gasteiger charge is -2.16. The van der Waals surface area contributed by atoms with Gasteiger partial charge in [0.1, 0.15) is 10.8 Å². The Morgan fingerprint density at radius 3 is 2.43 bits per heavy atom. The van der Waals surface area contributed by atoms with Crippen molar-refractivity contribution in [2.75, 3.05) is 17.3 Å². The van der Waals surface area contributed by atoms with Gasteiger partial charge in [-0.15, -0.1) is 0 Å². The average molecular weight is 421 g/mol. The minimum Gasteiger partial charge on any atom is -0.326 e. The molecule has 3 aromatic heterocycles. The van der Waals surface area contributed by atoms with E-state index in [1.165, 1.54) is 18.0 Å². The molecule has 8 nitrogen and oxygen atoms in total. The number of hydrogen-bond acceptors (Lipinski definition) is 5. The van der Waals surface area contributed by atoms with Crippen LogP contribution in [-0.4, -0.2) is 38.2 Å². The van der Waals surface area contributed by atoms with Crippen LogP contribution < -0.4 is 10.2 Å². The van der Waals surface area contributed by atoms with Crippen molar-refractivity contribution >= 4 is 40.4 Å². The summed E-state index contributed by atoms with van der Waals surface area (Å²) < 4.78 is 1.81. The SMILES string of the molecule is CC(=O)Nc1ccc(-c2cnc3cnc(C(=O)N(C)c4ccc(Cl)nc4)cn23)cc1. The molecule has 0 bridgehead atoms. The number of carbonyl (C=O) groups is 2. The molecule has 1 N–H and O–H groups in total. The second-order valence-electron chi connectivity index (χ2n) is 6.61. The molecule has 0 saturated carbocycles. The van der Waals surface area contributed by atoms with Crippen molar-refractivity contribution in [1.29, 1.82) is 0 Å². The van der Waals surface area contributed by atoms with Crippen LogP contribution >= 0.6 is 11.6 Å². The van der Waals surface area contributed by atoms with Crippen LogP contribution in [0.4, 0.5) is 11.4 Å². The Morgan fingerprint density at radius 2 is 1.77 bits per heavy atom. The molecule has 0 unspecified atom stereocenters. The van der Waals surface area contributed by atoms with Crippen LogP contribution in [0, 0.1) is 0 Å². The minimum absolute atomic E-state index is 0.133. The summed E-state index contributed by atoms with van der Waals surface area (Å²) in [7, 11) is 1.65. The van der Waals surface area contributed by atoms with Gasteiger partial charge < -0.3 is 10.2 Å². The van der Waals surface area contributed by atoms with Crippen molar-refractivity contribution in [2.24, 2.45) is 0 Å². The highest BCUT2D eigenvalue weighted by atomic mass is 35.5. The van der Waals surface area contributed by atoms with E-state index < -0.39 is 0 Å². The normalized spacial score (nSPS) is 10.8. The van der Waals surface area contributed by atoms with E-state index in [4.69, 9.17) is 11.6 Å². The number of benzene rings is 1. The second kappa shape index (κ2) is 7.92. The number of fused-ring (bicyclic) bond motifs is 1. The number of carbonyl (C=O) groups excluding carboxylic acids is 2. The van der Waals surface area contributed by atoms with E-state index in [1.54, 1.807) is 37.8 Å². The van der Waals surface area contributed by atoms with Gasteiger partial charge in [-0.05, 0) is 24.3 Å². The molecule has 1 aromatic carbocycles. The van der Waals surface area contributed by atoms with Gasteiger partial charge in [0, 0.05) is 31.4 Å². The monoisotopic (exact) mass is 420 g/mol. The maximum Gasteiger partial charge on any atom is 0.278 e. The fraction of sp³-hybridized carbons (Fsp3) is 0.0952. The zero-order valence-corrected chi connectivity index (χ0v) is 17.0. The minimum atomic E-state index is -0.290. The van der Waals surface area contributed by atoms with E-state index in [9.17, 15) is 9.59 Å². The summed E-state index contributed by atoms with van der Waals surface area (Å²) >= 11 is 5.82. The molecule has 3 heterocycles. The number of nitrogens with zero attached hydrogens (tertiary/aromatic N) is 5. The van der Waals surface area contributed by atoms with Gasteiger partial charge in [-0.2, -0.15) is 0 Å². The van der Waals surface area contributed by atoms with E-state index in [0.717, 1.165) is 11.3 Å². The number of amides is 2. The molecule has 4 aromatic rings. The Balaban J connectivity index is 1.66. The summed E-state index contributed by atoms with van der Waals surface area (Å²) in [6.45, 7) is 1.46. The van der Waals surface area contributed by atoms with E-state index in [2.05, 4.69) is 20.3 Å². The van der Waals surface area contributed by atoms with Gasteiger partial charge in [0.25, 0.3) is 5.91 Å². The molecule has 30 heavy (non-hydrogen) atoms. The van der Waals surface area contributed by atoms with Crippen molar-refractivity contribution in [1.82, 2.24) is 19.4 Å². The summed E-state index contributed by atoms with van der Waals surface area (Å²) in [6, 6.07) is 10.7. The number of rotatable bonds is 4. The smallest absolute Gasteiger partial charge is 0.278 e. The lowest BCUT2D eigenvalue weighted by molar-refractivity contribution is -0.114. The van der Waals surface area contributed by atoms with Gasteiger partial charge in [0.2, 0.25) is 5.91 Å². The van der Waals surface area contributed by atoms with Crippen LogP contribution in [0.25, 0.3) is 16.9 Å². The Bertz CT molecular complexity index is 1230. The molecule has 150 valence electrons. The van der Waals surface area contributed by atoms with Gasteiger partial charge in [-0.1, -0.05) is 23.7 Å². The van der Waals surface area contributed by atoms with E-state index in [-0.39, 0.29) is 17.5 Å². The summed E-state index contributed by atoms with van der Waals surface area (Å²) in [4.78, 5) is 38.2.